The molecule has 0 aromatic carbocycles. The minimum atomic E-state index is 0.267. The maximum Gasteiger partial charge on any atom is 0.0347 e. The van der Waals surface area contributed by atoms with E-state index < -0.39 is 0 Å². The Morgan fingerprint density at radius 2 is 1.86 bits per heavy atom. The van der Waals surface area contributed by atoms with Gasteiger partial charge in [-0.3, -0.25) is 4.90 Å². The van der Waals surface area contributed by atoms with E-state index in [1.54, 1.807) is 0 Å². The summed E-state index contributed by atoms with van der Waals surface area (Å²) < 4.78 is 0. The second-order valence-corrected chi connectivity index (χ2v) is 7.70. The molecule has 0 spiro atoms. The summed E-state index contributed by atoms with van der Waals surface area (Å²) in [4.78, 5) is 5.48. The summed E-state index contributed by atoms with van der Waals surface area (Å²) in [5.74, 6) is 0.736. The van der Waals surface area contributed by atoms with Gasteiger partial charge >= 0.3 is 0 Å². The lowest BCUT2D eigenvalue weighted by molar-refractivity contribution is 0.0263. The van der Waals surface area contributed by atoms with E-state index in [0.717, 1.165) is 18.5 Å². The zero-order valence-electron chi connectivity index (χ0n) is 14.6. The molecule has 1 aliphatic carbocycles. The van der Waals surface area contributed by atoms with E-state index in [1.165, 1.54) is 71.1 Å². The highest BCUT2D eigenvalue weighted by Crippen LogP contribution is 2.35. The van der Waals surface area contributed by atoms with Crippen molar-refractivity contribution in [3.05, 3.63) is 0 Å². The summed E-state index contributed by atoms with van der Waals surface area (Å²) in [5.41, 5.74) is 6.65. The molecule has 0 aromatic rings. The van der Waals surface area contributed by atoms with Crippen LogP contribution in [0.4, 0.5) is 0 Å². The number of hydrogen-bond donors (Lipinski definition) is 1. The second kappa shape index (κ2) is 7.94. The van der Waals surface area contributed by atoms with Crippen LogP contribution in [0.2, 0.25) is 0 Å². The Kier molecular flexibility index (Phi) is 6.51. The molecule has 3 heteroatoms. The first-order chi connectivity index (χ1) is 10.1. The van der Waals surface area contributed by atoms with Crippen LogP contribution in [0.1, 0.15) is 65.7 Å². The average Bonchev–Trinajstić information content (AvgIpc) is 2.91. The molecule has 1 unspecified atom stereocenters. The van der Waals surface area contributed by atoms with Gasteiger partial charge in [0.05, 0.1) is 0 Å². The molecule has 1 atom stereocenters. The van der Waals surface area contributed by atoms with Crippen LogP contribution < -0.4 is 5.73 Å². The van der Waals surface area contributed by atoms with Crippen LogP contribution in [0, 0.1) is 5.92 Å². The maximum absolute atomic E-state index is 6.38. The topological polar surface area (TPSA) is 32.5 Å². The highest BCUT2D eigenvalue weighted by atomic mass is 15.3. The molecule has 0 aromatic heterocycles. The van der Waals surface area contributed by atoms with Gasteiger partial charge in [0.25, 0.3) is 0 Å². The van der Waals surface area contributed by atoms with Gasteiger partial charge in [0.15, 0.2) is 0 Å². The van der Waals surface area contributed by atoms with Crippen LogP contribution >= 0.6 is 0 Å². The molecule has 1 heterocycles. The van der Waals surface area contributed by atoms with Crippen molar-refractivity contribution in [3.8, 4) is 0 Å². The van der Waals surface area contributed by atoms with Crippen LogP contribution in [0.5, 0.6) is 0 Å². The molecule has 1 aliphatic heterocycles. The van der Waals surface area contributed by atoms with Crippen LogP contribution in [0.25, 0.3) is 0 Å². The smallest absolute Gasteiger partial charge is 0.0347 e. The first-order valence-corrected chi connectivity index (χ1v) is 9.30. The summed E-state index contributed by atoms with van der Waals surface area (Å²) in [6.07, 6.45) is 9.50. The largest absolute Gasteiger partial charge is 0.329 e. The Morgan fingerprint density at radius 3 is 2.43 bits per heavy atom. The zero-order chi connectivity index (χ0) is 15.3. The molecule has 2 fully saturated rings. The van der Waals surface area contributed by atoms with Crippen molar-refractivity contribution in [2.24, 2.45) is 11.7 Å². The van der Waals surface area contributed by atoms with E-state index in [2.05, 4.69) is 30.6 Å². The average molecular weight is 296 g/mol. The molecule has 124 valence electrons. The van der Waals surface area contributed by atoms with Gasteiger partial charge in [-0.15, -0.1) is 0 Å². The maximum atomic E-state index is 6.38. The molecule has 2 aliphatic rings. The Balaban J connectivity index is 2.16. The van der Waals surface area contributed by atoms with Crippen LogP contribution in [-0.4, -0.2) is 54.1 Å². The number of likely N-dealkylation sites (tertiary alicyclic amines) is 1. The van der Waals surface area contributed by atoms with Crippen molar-refractivity contribution in [1.29, 1.82) is 0 Å². The fourth-order valence-electron chi connectivity index (χ4n) is 4.50. The third-order valence-corrected chi connectivity index (χ3v) is 5.77. The monoisotopic (exact) mass is 295 g/mol. The Morgan fingerprint density at radius 1 is 1.14 bits per heavy atom. The molecule has 3 nitrogen and oxygen atoms in total. The first-order valence-electron chi connectivity index (χ1n) is 9.30. The van der Waals surface area contributed by atoms with Gasteiger partial charge in [-0.25, -0.2) is 0 Å². The van der Waals surface area contributed by atoms with E-state index in [9.17, 15) is 0 Å². The summed E-state index contributed by atoms with van der Waals surface area (Å²) in [7, 11) is 0. The lowest BCUT2D eigenvalue weighted by Crippen LogP contribution is -2.58. The summed E-state index contributed by atoms with van der Waals surface area (Å²) in [6.45, 7) is 12.8. The first kappa shape index (κ1) is 17.2. The number of rotatable bonds is 6. The molecular weight excluding hydrogens is 258 g/mol. The quantitative estimate of drug-likeness (QED) is 0.817. The van der Waals surface area contributed by atoms with Gasteiger partial charge in [-0.05, 0) is 57.7 Å². The van der Waals surface area contributed by atoms with E-state index in [4.69, 9.17) is 5.73 Å². The summed E-state index contributed by atoms with van der Waals surface area (Å²) >= 11 is 0. The van der Waals surface area contributed by atoms with Crippen LogP contribution in [0.15, 0.2) is 0 Å². The molecule has 0 radical (unpaired) electrons. The Labute approximate surface area is 132 Å². The zero-order valence-corrected chi connectivity index (χ0v) is 14.6. The third-order valence-electron chi connectivity index (χ3n) is 5.77. The van der Waals surface area contributed by atoms with E-state index in [1.807, 2.05) is 0 Å². The van der Waals surface area contributed by atoms with Crippen molar-refractivity contribution < 1.29 is 0 Å². The third kappa shape index (κ3) is 4.20. The van der Waals surface area contributed by atoms with Crippen LogP contribution in [0.3, 0.4) is 0 Å². The van der Waals surface area contributed by atoms with Crippen molar-refractivity contribution in [2.75, 3.05) is 32.7 Å². The lowest BCUT2D eigenvalue weighted by Gasteiger charge is -2.47. The minimum absolute atomic E-state index is 0.267. The fourth-order valence-corrected chi connectivity index (χ4v) is 4.50. The van der Waals surface area contributed by atoms with E-state index in [-0.39, 0.29) is 5.54 Å². The minimum Gasteiger partial charge on any atom is -0.329 e. The normalized spacial score (nSPS) is 29.4. The van der Waals surface area contributed by atoms with E-state index >= 15 is 0 Å². The molecule has 0 bridgehead atoms. The van der Waals surface area contributed by atoms with Crippen molar-refractivity contribution >= 4 is 0 Å². The molecule has 1 saturated carbocycles. The van der Waals surface area contributed by atoms with E-state index in [0.29, 0.717) is 0 Å². The lowest BCUT2D eigenvalue weighted by atomic mass is 9.85. The second-order valence-electron chi connectivity index (χ2n) is 7.70. The Hall–Kier alpha value is -0.120. The highest BCUT2D eigenvalue weighted by molar-refractivity contribution is 4.98. The van der Waals surface area contributed by atoms with Gasteiger partial charge in [0, 0.05) is 24.7 Å². The van der Waals surface area contributed by atoms with Crippen molar-refractivity contribution in [2.45, 2.75) is 77.3 Å². The number of nitrogens with zero attached hydrogens (tertiary/aromatic N) is 2. The van der Waals surface area contributed by atoms with Gasteiger partial charge in [-0.2, -0.15) is 0 Å². The molecule has 2 N–H and O–H groups in total. The highest BCUT2D eigenvalue weighted by Gasteiger charge is 2.41. The van der Waals surface area contributed by atoms with Gasteiger partial charge in [-0.1, -0.05) is 33.6 Å². The number of nitrogens with two attached hydrogens (primary N) is 1. The molecule has 2 rings (SSSR count). The molecule has 1 saturated heterocycles. The predicted molar refractivity (Wildman–Crippen MR) is 91.6 cm³/mol. The summed E-state index contributed by atoms with van der Waals surface area (Å²) in [5, 5.41) is 0. The van der Waals surface area contributed by atoms with Gasteiger partial charge < -0.3 is 10.6 Å². The SMILES string of the molecule is CCN1CCCC(CN)(N(CC(C)C)C2CCCC2)CC1. The van der Waals surface area contributed by atoms with Gasteiger partial charge in [0.1, 0.15) is 0 Å². The molecule has 21 heavy (non-hydrogen) atoms. The predicted octanol–water partition coefficient (Wildman–Crippen LogP) is 3.09. The van der Waals surface area contributed by atoms with Gasteiger partial charge in [0.2, 0.25) is 0 Å². The fraction of sp³-hybridized carbons (Fsp3) is 1.00. The van der Waals surface area contributed by atoms with Crippen molar-refractivity contribution in [3.63, 3.8) is 0 Å². The number of hydrogen-bond acceptors (Lipinski definition) is 3. The van der Waals surface area contributed by atoms with Crippen LogP contribution in [-0.2, 0) is 0 Å². The molecular formula is C18H37N3. The van der Waals surface area contributed by atoms with Crippen molar-refractivity contribution in [1.82, 2.24) is 9.80 Å². The summed E-state index contributed by atoms with van der Waals surface area (Å²) in [6, 6.07) is 0.795. The molecule has 0 amide bonds. The Bertz CT molecular complexity index is 299. The standard InChI is InChI=1S/C18H37N3/c1-4-20-12-7-10-18(15-19,11-13-20)21(14-16(2)3)17-8-5-6-9-17/h16-17H,4-15,19H2,1-3H3.